The summed E-state index contributed by atoms with van der Waals surface area (Å²) in [4.78, 5) is 23.5. The number of benzene rings is 2. The van der Waals surface area contributed by atoms with Crippen LogP contribution in [-0.2, 0) is 4.79 Å². The Hall–Kier alpha value is -2.41. The van der Waals surface area contributed by atoms with Gasteiger partial charge >= 0.3 is 0 Å². The van der Waals surface area contributed by atoms with Gasteiger partial charge in [0.1, 0.15) is 11.6 Å². The summed E-state index contributed by atoms with van der Waals surface area (Å²) in [5.74, 6) is -1.43. The van der Waals surface area contributed by atoms with Crippen molar-refractivity contribution in [3.63, 3.8) is 0 Å². The number of rotatable bonds is 4. The lowest BCUT2D eigenvalue weighted by Gasteiger charge is -2.10. The molecule has 24 heavy (non-hydrogen) atoms. The predicted molar refractivity (Wildman–Crippen MR) is 91.1 cm³/mol. The number of carbonyl (C=O) groups excluding carboxylic acids is 2. The van der Waals surface area contributed by atoms with E-state index in [2.05, 4.69) is 26.8 Å². The molecule has 0 unspecified atom stereocenters. The number of aryl methyl sites for hydroxylation is 2. The normalized spacial score (nSPS) is 10.2. The number of hydrogen-bond donors (Lipinski definition) is 2. The Labute approximate surface area is 147 Å². The Morgan fingerprint density at radius 2 is 1.75 bits per heavy atom. The zero-order chi connectivity index (χ0) is 17.7. The summed E-state index contributed by atoms with van der Waals surface area (Å²) < 4.78 is 19.5. The summed E-state index contributed by atoms with van der Waals surface area (Å²) in [6.45, 7) is 3.58. The Morgan fingerprint density at radius 1 is 1.08 bits per heavy atom. The van der Waals surface area contributed by atoms with Gasteiger partial charge in [0.05, 0.1) is 5.56 Å². The van der Waals surface area contributed by atoms with Crippen LogP contribution in [0.25, 0.3) is 0 Å². The second-order valence-electron chi connectivity index (χ2n) is 5.24. The molecule has 126 valence electrons. The molecule has 0 spiro atoms. The molecule has 0 saturated heterocycles. The number of nitrogens with one attached hydrogen (secondary N) is 2. The maximum absolute atomic E-state index is 13.6. The first-order valence-corrected chi connectivity index (χ1v) is 7.90. The van der Waals surface area contributed by atoms with E-state index in [0.29, 0.717) is 10.2 Å². The van der Waals surface area contributed by atoms with Gasteiger partial charge in [0.2, 0.25) is 0 Å². The molecule has 0 aliphatic heterocycles. The van der Waals surface area contributed by atoms with Gasteiger partial charge in [0, 0.05) is 4.47 Å². The van der Waals surface area contributed by atoms with Crippen LogP contribution in [0.2, 0.25) is 0 Å². The fourth-order valence-corrected chi connectivity index (χ4v) is 2.40. The van der Waals surface area contributed by atoms with Crippen molar-refractivity contribution in [2.45, 2.75) is 13.8 Å². The summed E-state index contributed by atoms with van der Waals surface area (Å²) in [6.07, 6.45) is 0. The van der Waals surface area contributed by atoms with Crippen molar-refractivity contribution in [1.29, 1.82) is 0 Å². The molecule has 2 aromatic rings. The highest BCUT2D eigenvalue weighted by molar-refractivity contribution is 9.10. The van der Waals surface area contributed by atoms with Crippen LogP contribution in [-0.4, -0.2) is 18.4 Å². The van der Waals surface area contributed by atoms with Gasteiger partial charge in [-0.05, 0) is 55.3 Å². The molecule has 0 bridgehead atoms. The molecule has 0 saturated carbocycles. The first-order valence-electron chi connectivity index (χ1n) is 7.10. The van der Waals surface area contributed by atoms with E-state index in [4.69, 9.17) is 4.74 Å². The Kier molecular flexibility index (Phi) is 5.92. The van der Waals surface area contributed by atoms with E-state index in [0.717, 1.165) is 11.1 Å². The largest absolute Gasteiger partial charge is 0.484 e. The highest BCUT2D eigenvalue weighted by Gasteiger charge is 2.13. The van der Waals surface area contributed by atoms with Gasteiger partial charge in [-0.1, -0.05) is 22.0 Å². The third-order valence-electron chi connectivity index (χ3n) is 3.06. The molecule has 0 aliphatic carbocycles. The molecule has 7 heteroatoms. The fraction of sp³-hybridized carbons (Fsp3) is 0.176. The standard InChI is InChI=1S/C17H16BrFN2O3/c1-10-5-11(2)7-13(6-10)24-9-16(22)20-21-17(23)14-4-3-12(18)8-15(14)19/h3-8H,9H2,1-2H3,(H,20,22)(H,21,23). The number of hydrazine groups is 1. The van der Waals surface area contributed by atoms with Gasteiger partial charge < -0.3 is 4.74 Å². The van der Waals surface area contributed by atoms with Crippen molar-refractivity contribution < 1.29 is 18.7 Å². The topological polar surface area (TPSA) is 67.4 Å². The first kappa shape index (κ1) is 17.9. The van der Waals surface area contributed by atoms with Crippen molar-refractivity contribution >= 4 is 27.7 Å². The third-order valence-corrected chi connectivity index (χ3v) is 3.55. The number of hydrogen-bond acceptors (Lipinski definition) is 3. The summed E-state index contributed by atoms with van der Waals surface area (Å²) in [5, 5.41) is 0. The molecule has 0 aromatic heterocycles. The number of amides is 2. The first-order chi connectivity index (χ1) is 11.3. The highest BCUT2D eigenvalue weighted by atomic mass is 79.9. The zero-order valence-corrected chi connectivity index (χ0v) is 14.7. The van der Waals surface area contributed by atoms with Crippen molar-refractivity contribution in [3.8, 4) is 5.75 Å². The van der Waals surface area contributed by atoms with Crippen molar-refractivity contribution in [3.05, 3.63) is 63.4 Å². The van der Waals surface area contributed by atoms with Gasteiger partial charge in [-0.25, -0.2) is 4.39 Å². The molecule has 2 rings (SSSR count). The number of ether oxygens (including phenoxy) is 1. The Balaban J connectivity index is 1.85. The zero-order valence-electron chi connectivity index (χ0n) is 13.2. The van der Waals surface area contributed by atoms with E-state index in [9.17, 15) is 14.0 Å². The van der Waals surface area contributed by atoms with Gasteiger partial charge in [0.25, 0.3) is 11.8 Å². The Morgan fingerprint density at radius 3 is 2.38 bits per heavy atom. The third kappa shape index (κ3) is 5.06. The van der Waals surface area contributed by atoms with E-state index in [-0.39, 0.29) is 12.2 Å². The molecule has 5 nitrogen and oxygen atoms in total. The van der Waals surface area contributed by atoms with Gasteiger partial charge in [-0.15, -0.1) is 0 Å². The number of carbonyl (C=O) groups is 2. The lowest BCUT2D eigenvalue weighted by Crippen LogP contribution is -2.44. The second-order valence-corrected chi connectivity index (χ2v) is 6.15. The molecule has 0 radical (unpaired) electrons. The van der Waals surface area contributed by atoms with Crippen LogP contribution in [0.4, 0.5) is 4.39 Å². The smallest absolute Gasteiger partial charge is 0.276 e. The van der Waals surface area contributed by atoms with Crippen LogP contribution in [0, 0.1) is 19.7 Å². The van der Waals surface area contributed by atoms with Crippen LogP contribution < -0.4 is 15.6 Å². The lowest BCUT2D eigenvalue weighted by atomic mass is 10.1. The lowest BCUT2D eigenvalue weighted by molar-refractivity contribution is -0.123. The van der Waals surface area contributed by atoms with Crippen molar-refractivity contribution in [1.82, 2.24) is 10.9 Å². The Bertz CT molecular complexity index is 760. The molecule has 0 heterocycles. The van der Waals surface area contributed by atoms with Crippen LogP contribution in [0.5, 0.6) is 5.75 Å². The van der Waals surface area contributed by atoms with Crippen molar-refractivity contribution in [2.75, 3.05) is 6.61 Å². The average molecular weight is 395 g/mol. The summed E-state index contributed by atoms with van der Waals surface area (Å²) in [5.41, 5.74) is 6.19. The van der Waals surface area contributed by atoms with Gasteiger partial charge in [-0.2, -0.15) is 0 Å². The quantitative estimate of drug-likeness (QED) is 0.783. The fourth-order valence-electron chi connectivity index (χ4n) is 2.07. The highest BCUT2D eigenvalue weighted by Crippen LogP contribution is 2.16. The molecule has 0 fully saturated rings. The van der Waals surface area contributed by atoms with Crippen LogP contribution in [0.3, 0.4) is 0 Å². The minimum Gasteiger partial charge on any atom is -0.484 e. The minimum atomic E-state index is -0.750. The summed E-state index contributed by atoms with van der Waals surface area (Å²) >= 11 is 3.10. The summed E-state index contributed by atoms with van der Waals surface area (Å²) in [6, 6.07) is 9.60. The van der Waals surface area contributed by atoms with Gasteiger partial charge in [-0.3, -0.25) is 20.4 Å². The maximum atomic E-state index is 13.6. The van der Waals surface area contributed by atoms with Crippen LogP contribution in [0.15, 0.2) is 40.9 Å². The SMILES string of the molecule is Cc1cc(C)cc(OCC(=O)NNC(=O)c2ccc(Br)cc2F)c1. The van der Waals surface area contributed by atoms with Crippen LogP contribution >= 0.6 is 15.9 Å². The predicted octanol–water partition coefficient (Wildman–Crippen LogP) is 3.05. The van der Waals surface area contributed by atoms with E-state index < -0.39 is 17.6 Å². The van der Waals surface area contributed by atoms with E-state index in [1.807, 2.05) is 19.9 Å². The molecular formula is C17H16BrFN2O3. The molecule has 2 aromatic carbocycles. The number of halogens is 2. The maximum Gasteiger partial charge on any atom is 0.276 e. The van der Waals surface area contributed by atoms with Gasteiger partial charge in [0.15, 0.2) is 6.61 Å². The van der Waals surface area contributed by atoms with Crippen LogP contribution in [0.1, 0.15) is 21.5 Å². The van der Waals surface area contributed by atoms with E-state index in [1.54, 1.807) is 12.1 Å². The molecule has 0 atom stereocenters. The molecular weight excluding hydrogens is 379 g/mol. The van der Waals surface area contributed by atoms with E-state index in [1.165, 1.54) is 18.2 Å². The summed E-state index contributed by atoms with van der Waals surface area (Å²) in [7, 11) is 0. The average Bonchev–Trinajstić information content (AvgIpc) is 2.49. The second kappa shape index (κ2) is 7.92. The minimum absolute atomic E-state index is 0.172. The van der Waals surface area contributed by atoms with Crippen molar-refractivity contribution in [2.24, 2.45) is 0 Å². The monoisotopic (exact) mass is 394 g/mol. The van der Waals surface area contributed by atoms with E-state index >= 15 is 0 Å². The molecule has 2 amide bonds. The molecule has 0 aliphatic rings. The molecule has 2 N–H and O–H groups in total.